The molecule has 76 valence electrons. The Bertz CT molecular complexity index is 565. The van der Waals surface area contributed by atoms with Crippen LogP contribution in [0, 0.1) is 0 Å². The number of fused-ring (bicyclic) bond motifs is 1. The number of nitrogens with zero attached hydrogens (tertiary/aromatic N) is 2. The molecule has 2 aromatic rings. The Labute approximate surface area is 109 Å². The van der Waals surface area contributed by atoms with Gasteiger partial charge in [-0.15, -0.1) is 0 Å². The zero-order valence-corrected chi connectivity index (χ0v) is 9.36. The third-order valence-electron chi connectivity index (χ3n) is 2.04. The van der Waals surface area contributed by atoms with Crippen molar-refractivity contribution in [3.63, 3.8) is 0 Å². The van der Waals surface area contributed by atoms with E-state index in [0.29, 0.717) is 10.7 Å². The van der Waals surface area contributed by atoms with Crippen molar-refractivity contribution in [1.82, 2.24) is 9.38 Å². The Kier molecular flexibility index (Phi) is 3.82. The molecule has 2 rings (SSSR count). The van der Waals surface area contributed by atoms with Gasteiger partial charge in [-0.2, -0.15) is 0 Å². The maximum absolute atomic E-state index is 10.9. The van der Waals surface area contributed by atoms with Crippen molar-refractivity contribution >= 4 is 29.3 Å². The summed E-state index contributed by atoms with van der Waals surface area (Å²) in [6.45, 7) is 3.56. The fraction of sp³-hybridized carbons (Fsp3) is 0. The monoisotopic (exact) mass is 228 g/mol. The van der Waals surface area contributed by atoms with E-state index in [2.05, 4.69) is 11.6 Å². The Balaban J connectivity index is 0.00000128. The fourth-order valence-corrected chi connectivity index (χ4v) is 1.52. The van der Waals surface area contributed by atoms with Gasteiger partial charge in [0, 0.05) is 11.8 Å². The number of hydrogen-bond donors (Lipinski definition) is 0. The standard InChI is InChI=1S/C10H7ClN2O2.Li/c1-2-6-3-7(10(14)15)9-12-4-8(11)13(9)5-6;/h2-5H,1H2,(H,14,15);/q;+1/p-1. The van der Waals surface area contributed by atoms with Gasteiger partial charge in [-0.05, 0) is 11.6 Å². The second-order valence-corrected chi connectivity index (χ2v) is 3.34. The second kappa shape index (κ2) is 4.75. The van der Waals surface area contributed by atoms with Gasteiger partial charge in [0.2, 0.25) is 0 Å². The summed E-state index contributed by atoms with van der Waals surface area (Å²) in [5.41, 5.74) is 0.909. The summed E-state index contributed by atoms with van der Waals surface area (Å²) in [6, 6.07) is 1.45. The first-order valence-electron chi connectivity index (χ1n) is 4.14. The van der Waals surface area contributed by atoms with Crippen LogP contribution in [0.15, 0.2) is 25.0 Å². The molecule has 0 aliphatic heterocycles. The maximum Gasteiger partial charge on any atom is 1.00 e. The summed E-state index contributed by atoms with van der Waals surface area (Å²) >= 11 is 5.83. The fourth-order valence-electron chi connectivity index (χ4n) is 1.34. The molecular weight excluding hydrogens is 223 g/mol. The predicted octanol–water partition coefficient (Wildman–Crippen LogP) is -2.00. The summed E-state index contributed by atoms with van der Waals surface area (Å²) in [4.78, 5) is 14.7. The average Bonchev–Trinajstić information content (AvgIpc) is 2.59. The molecule has 2 aromatic heterocycles. The van der Waals surface area contributed by atoms with Crippen molar-refractivity contribution in [3.05, 3.63) is 41.3 Å². The molecule has 0 spiro atoms. The summed E-state index contributed by atoms with van der Waals surface area (Å²) in [5, 5.41) is 11.2. The number of carboxylic acid groups (broad SMARTS) is 1. The van der Waals surface area contributed by atoms with Crippen LogP contribution in [-0.4, -0.2) is 15.4 Å². The van der Waals surface area contributed by atoms with E-state index in [0.717, 1.165) is 0 Å². The molecule has 2 heterocycles. The number of imidazole rings is 1. The van der Waals surface area contributed by atoms with Gasteiger partial charge < -0.3 is 9.90 Å². The van der Waals surface area contributed by atoms with E-state index in [9.17, 15) is 9.90 Å². The quantitative estimate of drug-likeness (QED) is 0.559. The first-order valence-corrected chi connectivity index (χ1v) is 4.51. The van der Waals surface area contributed by atoms with E-state index in [1.165, 1.54) is 22.7 Å². The number of hydrogen-bond acceptors (Lipinski definition) is 3. The molecule has 0 aliphatic carbocycles. The third kappa shape index (κ3) is 2.00. The van der Waals surface area contributed by atoms with Crippen molar-refractivity contribution in [1.29, 1.82) is 0 Å². The first kappa shape index (κ1) is 12.9. The Morgan fingerprint density at radius 2 is 2.31 bits per heavy atom. The van der Waals surface area contributed by atoms with Gasteiger partial charge >= 0.3 is 18.9 Å². The normalized spacial score (nSPS) is 9.81. The Morgan fingerprint density at radius 1 is 1.62 bits per heavy atom. The minimum Gasteiger partial charge on any atom is -0.545 e. The molecule has 0 bridgehead atoms. The zero-order chi connectivity index (χ0) is 11.0. The molecule has 0 saturated carbocycles. The predicted molar refractivity (Wildman–Crippen MR) is 54.6 cm³/mol. The zero-order valence-electron chi connectivity index (χ0n) is 8.61. The number of carboxylic acids is 1. The van der Waals surface area contributed by atoms with E-state index < -0.39 is 5.97 Å². The van der Waals surface area contributed by atoms with Crippen molar-refractivity contribution in [2.75, 3.05) is 0 Å². The van der Waals surface area contributed by atoms with Gasteiger partial charge in [0.05, 0.1) is 12.2 Å². The number of rotatable bonds is 2. The number of carbonyl (C=O) groups excluding carboxylic acids is 1. The van der Waals surface area contributed by atoms with Crippen LogP contribution in [0.4, 0.5) is 0 Å². The van der Waals surface area contributed by atoms with Gasteiger partial charge in [0.1, 0.15) is 10.8 Å². The second-order valence-electron chi connectivity index (χ2n) is 2.95. The third-order valence-corrected chi connectivity index (χ3v) is 2.32. The molecule has 0 saturated heterocycles. The first-order chi connectivity index (χ1) is 7.13. The molecule has 0 atom stereocenters. The van der Waals surface area contributed by atoms with Crippen LogP contribution in [0.25, 0.3) is 11.7 Å². The molecular formula is C10H6ClLiN2O2. The van der Waals surface area contributed by atoms with Crippen LogP contribution in [0.3, 0.4) is 0 Å². The molecule has 0 N–H and O–H groups in total. The summed E-state index contributed by atoms with van der Waals surface area (Å²) < 4.78 is 1.48. The van der Waals surface area contributed by atoms with Gasteiger partial charge in [-0.25, -0.2) is 4.98 Å². The molecule has 0 unspecified atom stereocenters. The van der Waals surface area contributed by atoms with Crippen LogP contribution in [-0.2, 0) is 0 Å². The van der Waals surface area contributed by atoms with E-state index in [1.54, 1.807) is 6.20 Å². The molecule has 0 aliphatic rings. The molecule has 0 radical (unpaired) electrons. The number of aromatic nitrogens is 2. The van der Waals surface area contributed by atoms with Crippen LogP contribution in [0.5, 0.6) is 0 Å². The van der Waals surface area contributed by atoms with E-state index in [1.807, 2.05) is 0 Å². The van der Waals surface area contributed by atoms with Gasteiger partial charge in [-0.3, -0.25) is 4.40 Å². The molecule has 0 aromatic carbocycles. The van der Waals surface area contributed by atoms with E-state index in [4.69, 9.17) is 11.6 Å². The van der Waals surface area contributed by atoms with Crippen molar-refractivity contribution in [2.24, 2.45) is 0 Å². The minimum atomic E-state index is -1.29. The van der Waals surface area contributed by atoms with Crippen molar-refractivity contribution < 1.29 is 28.8 Å². The molecule has 0 fully saturated rings. The largest absolute Gasteiger partial charge is 1.00 e. The summed E-state index contributed by atoms with van der Waals surface area (Å²) in [5.74, 6) is -1.29. The van der Waals surface area contributed by atoms with Crippen LogP contribution >= 0.6 is 11.6 Å². The van der Waals surface area contributed by atoms with E-state index in [-0.39, 0.29) is 30.1 Å². The topological polar surface area (TPSA) is 57.4 Å². The van der Waals surface area contributed by atoms with Crippen LogP contribution < -0.4 is 24.0 Å². The van der Waals surface area contributed by atoms with Crippen molar-refractivity contribution in [3.8, 4) is 0 Å². The van der Waals surface area contributed by atoms with Gasteiger partial charge in [-0.1, -0.05) is 24.3 Å². The number of pyridine rings is 1. The van der Waals surface area contributed by atoms with Crippen molar-refractivity contribution in [2.45, 2.75) is 0 Å². The number of halogens is 1. The minimum absolute atomic E-state index is 0. The Hall–Kier alpha value is -1.21. The van der Waals surface area contributed by atoms with E-state index >= 15 is 0 Å². The smallest absolute Gasteiger partial charge is 0.545 e. The molecule has 16 heavy (non-hydrogen) atoms. The number of aromatic carboxylic acids is 1. The summed E-state index contributed by atoms with van der Waals surface area (Å²) in [6.07, 6.45) is 4.57. The average molecular weight is 229 g/mol. The van der Waals surface area contributed by atoms with Crippen LogP contribution in [0.1, 0.15) is 15.9 Å². The molecule has 6 heteroatoms. The summed E-state index contributed by atoms with van der Waals surface area (Å²) in [7, 11) is 0. The number of carbonyl (C=O) groups is 1. The molecule has 4 nitrogen and oxygen atoms in total. The molecule has 0 amide bonds. The van der Waals surface area contributed by atoms with Crippen LogP contribution in [0.2, 0.25) is 5.15 Å². The Morgan fingerprint density at radius 3 is 2.88 bits per heavy atom. The SMILES string of the molecule is C=Cc1cc(C(=O)[O-])c2ncc(Cl)n2c1.[Li+]. The van der Waals surface area contributed by atoms with Gasteiger partial charge in [0.25, 0.3) is 0 Å². The maximum atomic E-state index is 10.9. The van der Waals surface area contributed by atoms with Gasteiger partial charge in [0.15, 0.2) is 0 Å².